The van der Waals surface area contributed by atoms with Crippen molar-refractivity contribution in [3.05, 3.63) is 64.9 Å². The van der Waals surface area contributed by atoms with Crippen LogP contribution >= 0.6 is 11.6 Å². The van der Waals surface area contributed by atoms with Crippen molar-refractivity contribution < 1.29 is 5.11 Å². The molecule has 1 unspecified atom stereocenters. The summed E-state index contributed by atoms with van der Waals surface area (Å²) >= 11 is 5.83. The number of hydrogen-bond acceptors (Lipinski definition) is 2. The number of nitrogens with zero attached hydrogens (tertiary/aromatic N) is 1. The summed E-state index contributed by atoms with van der Waals surface area (Å²) < 4.78 is 0. The largest absolute Gasteiger partial charge is 0.385 e. The molecule has 1 aromatic carbocycles. The van der Waals surface area contributed by atoms with Crippen LogP contribution in [0.1, 0.15) is 18.1 Å². The zero-order chi connectivity index (χ0) is 12.3. The molecule has 0 spiro atoms. The van der Waals surface area contributed by atoms with Crippen LogP contribution in [0.15, 0.2) is 48.8 Å². The van der Waals surface area contributed by atoms with Crippen molar-refractivity contribution in [1.82, 2.24) is 4.98 Å². The van der Waals surface area contributed by atoms with E-state index in [1.807, 2.05) is 36.4 Å². The highest BCUT2D eigenvalue weighted by atomic mass is 35.5. The molecule has 0 aliphatic heterocycles. The SMILES string of the molecule is CC(O)(Cc1ccc(Cl)cc1)c1cccnc1. The molecule has 0 saturated heterocycles. The first-order valence-electron chi connectivity index (χ1n) is 5.45. The van der Waals surface area contributed by atoms with Crippen molar-refractivity contribution in [2.75, 3.05) is 0 Å². The maximum atomic E-state index is 10.4. The maximum absolute atomic E-state index is 10.4. The van der Waals surface area contributed by atoms with Gasteiger partial charge in [0.1, 0.15) is 0 Å². The fourth-order valence-electron chi connectivity index (χ4n) is 1.78. The molecule has 2 aromatic rings. The third kappa shape index (κ3) is 3.05. The second-order valence-corrected chi connectivity index (χ2v) is 4.76. The maximum Gasteiger partial charge on any atom is 0.0923 e. The summed E-state index contributed by atoms with van der Waals surface area (Å²) in [6.45, 7) is 1.79. The summed E-state index contributed by atoms with van der Waals surface area (Å²) in [5.74, 6) is 0. The van der Waals surface area contributed by atoms with E-state index in [0.717, 1.165) is 11.1 Å². The molecule has 1 aromatic heterocycles. The van der Waals surface area contributed by atoms with Crippen LogP contribution in [-0.2, 0) is 12.0 Å². The predicted molar refractivity (Wildman–Crippen MR) is 69.0 cm³/mol. The summed E-state index contributed by atoms with van der Waals surface area (Å²) in [6, 6.07) is 11.2. The molecule has 1 atom stereocenters. The number of pyridine rings is 1. The van der Waals surface area contributed by atoms with E-state index >= 15 is 0 Å². The summed E-state index contributed by atoms with van der Waals surface area (Å²) in [5.41, 5.74) is 0.945. The number of hydrogen-bond donors (Lipinski definition) is 1. The van der Waals surface area contributed by atoms with E-state index in [9.17, 15) is 5.11 Å². The van der Waals surface area contributed by atoms with Gasteiger partial charge in [0.2, 0.25) is 0 Å². The molecule has 0 fully saturated rings. The second-order valence-electron chi connectivity index (χ2n) is 4.32. The summed E-state index contributed by atoms with van der Waals surface area (Å²) in [7, 11) is 0. The first kappa shape index (κ1) is 12.1. The van der Waals surface area contributed by atoms with E-state index in [1.165, 1.54) is 0 Å². The average Bonchev–Trinajstić information content (AvgIpc) is 2.33. The monoisotopic (exact) mass is 247 g/mol. The van der Waals surface area contributed by atoms with Crippen LogP contribution in [0.25, 0.3) is 0 Å². The molecule has 0 bridgehead atoms. The zero-order valence-corrected chi connectivity index (χ0v) is 10.4. The zero-order valence-electron chi connectivity index (χ0n) is 9.60. The molecular weight excluding hydrogens is 234 g/mol. The lowest BCUT2D eigenvalue weighted by molar-refractivity contribution is 0.0573. The Labute approximate surface area is 106 Å². The molecule has 2 nitrogen and oxygen atoms in total. The van der Waals surface area contributed by atoms with Gasteiger partial charge in [-0.3, -0.25) is 4.98 Å². The number of halogens is 1. The molecule has 88 valence electrons. The van der Waals surface area contributed by atoms with Gasteiger partial charge < -0.3 is 5.11 Å². The van der Waals surface area contributed by atoms with Crippen LogP contribution < -0.4 is 0 Å². The minimum absolute atomic E-state index is 0.538. The summed E-state index contributed by atoms with van der Waals surface area (Å²) in [6.07, 6.45) is 3.92. The Morgan fingerprint density at radius 3 is 2.53 bits per heavy atom. The topological polar surface area (TPSA) is 33.1 Å². The highest BCUT2D eigenvalue weighted by molar-refractivity contribution is 6.30. The van der Waals surface area contributed by atoms with Crippen molar-refractivity contribution >= 4 is 11.6 Å². The fourth-order valence-corrected chi connectivity index (χ4v) is 1.91. The molecule has 0 radical (unpaired) electrons. The molecule has 1 N–H and O–H groups in total. The van der Waals surface area contributed by atoms with Gasteiger partial charge in [0.05, 0.1) is 5.60 Å². The lowest BCUT2D eigenvalue weighted by atomic mass is 9.90. The van der Waals surface area contributed by atoms with Crippen LogP contribution in [0.2, 0.25) is 5.02 Å². The molecule has 0 aliphatic rings. The Bertz CT molecular complexity index is 479. The number of aliphatic hydroxyl groups is 1. The Kier molecular flexibility index (Phi) is 3.46. The number of aromatic nitrogens is 1. The Hall–Kier alpha value is -1.38. The van der Waals surface area contributed by atoms with Gasteiger partial charge in [-0.1, -0.05) is 29.8 Å². The lowest BCUT2D eigenvalue weighted by Crippen LogP contribution is -2.24. The molecule has 3 heteroatoms. The quantitative estimate of drug-likeness (QED) is 0.904. The van der Waals surface area contributed by atoms with Crippen LogP contribution in [0.3, 0.4) is 0 Å². The van der Waals surface area contributed by atoms with Crippen molar-refractivity contribution in [2.45, 2.75) is 18.9 Å². The van der Waals surface area contributed by atoms with Gasteiger partial charge in [0.25, 0.3) is 0 Å². The van der Waals surface area contributed by atoms with Gasteiger partial charge in [-0.2, -0.15) is 0 Å². The molecule has 17 heavy (non-hydrogen) atoms. The third-order valence-electron chi connectivity index (χ3n) is 2.75. The normalized spacial score (nSPS) is 14.3. The van der Waals surface area contributed by atoms with Crippen LogP contribution in [0, 0.1) is 0 Å². The van der Waals surface area contributed by atoms with Gasteiger partial charge in [-0.25, -0.2) is 0 Å². The van der Waals surface area contributed by atoms with Crippen LogP contribution in [-0.4, -0.2) is 10.1 Å². The smallest absolute Gasteiger partial charge is 0.0923 e. The van der Waals surface area contributed by atoms with Crippen molar-refractivity contribution in [1.29, 1.82) is 0 Å². The minimum atomic E-state index is -0.915. The Morgan fingerprint density at radius 2 is 1.94 bits per heavy atom. The van der Waals surface area contributed by atoms with Gasteiger partial charge in [-0.15, -0.1) is 0 Å². The molecule has 0 saturated carbocycles. The Morgan fingerprint density at radius 1 is 1.24 bits per heavy atom. The van der Waals surface area contributed by atoms with Crippen molar-refractivity contribution in [3.63, 3.8) is 0 Å². The number of rotatable bonds is 3. The van der Waals surface area contributed by atoms with E-state index < -0.39 is 5.60 Å². The van der Waals surface area contributed by atoms with E-state index in [-0.39, 0.29) is 0 Å². The Balaban J connectivity index is 2.20. The summed E-state index contributed by atoms with van der Waals surface area (Å²) in [5, 5.41) is 11.1. The van der Waals surface area contributed by atoms with Gasteiger partial charge in [0.15, 0.2) is 0 Å². The van der Waals surface area contributed by atoms with Crippen LogP contribution in [0.5, 0.6) is 0 Å². The molecular formula is C14H14ClNO. The highest BCUT2D eigenvalue weighted by Gasteiger charge is 2.23. The van der Waals surface area contributed by atoms with Gasteiger partial charge in [-0.05, 0) is 30.7 Å². The van der Waals surface area contributed by atoms with Crippen molar-refractivity contribution in [2.24, 2.45) is 0 Å². The van der Waals surface area contributed by atoms with E-state index in [4.69, 9.17) is 11.6 Å². The van der Waals surface area contributed by atoms with Crippen LogP contribution in [0.4, 0.5) is 0 Å². The predicted octanol–water partition coefficient (Wildman–Crippen LogP) is 3.19. The van der Waals surface area contributed by atoms with Crippen molar-refractivity contribution in [3.8, 4) is 0 Å². The minimum Gasteiger partial charge on any atom is -0.385 e. The molecule has 1 heterocycles. The first-order valence-corrected chi connectivity index (χ1v) is 5.83. The lowest BCUT2D eigenvalue weighted by Gasteiger charge is -2.23. The fraction of sp³-hybridized carbons (Fsp3) is 0.214. The summed E-state index contributed by atoms with van der Waals surface area (Å²) in [4.78, 5) is 4.03. The van der Waals surface area contributed by atoms with E-state index in [2.05, 4.69) is 4.98 Å². The van der Waals surface area contributed by atoms with Gasteiger partial charge in [0, 0.05) is 29.4 Å². The molecule has 0 aliphatic carbocycles. The standard InChI is InChI=1S/C14H14ClNO/c1-14(17,12-3-2-8-16-10-12)9-11-4-6-13(15)7-5-11/h2-8,10,17H,9H2,1H3. The van der Waals surface area contributed by atoms with Gasteiger partial charge >= 0.3 is 0 Å². The molecule has 0 amide bonds. The number of benzene rings is 1. The van der Waals surface area contributed by atoms with E-state index in [1.54, 1.807) is 19.3 Å². The molecule has 2 rings (SSSR count). The first-order chi connectivity index (χ1) is 8.08. The average molecular weight is 248 g/mol. The third-order valence-corrected chi connectivity index (χ3v) is 3.00. The van der Waals surface area contributed by atoms with E-state index in [0.29, 0.717) is 11.4 Å². The highest BCUT2D eigenvalue weighted by Crippen LogP contribution is 2.25. The second kappa shape index (κ2) is 4.86.